The maximum atomic E-state index is 6.64. The average Bonchev–Trinajstić information content (AvgIpc) is 2.83. The van der Waals surface area contributed by atoms with Gasteiger partial charge in [-0.05, 0) is 45.4 Å². The highest BCUT2D eigenvalue weighted by molar-refractivity contribution is 6.63. The summed E-state index contributed by atoms with van der Waals surface area (Å²) in [4.78, 5) is 0. The lowest BCUT2D eigenvalue weighted by Gasteiger charge is -2.48. The van der Waals surface area contributed by atoms with E-state index in [4.69, 9.17) is 32.2 Å². The molecular formula is C25H54O7Si. The molecule has 0 N–H and O–H groups in total. The van der Waals surface area contributed by atoms with Crippen LogP contribution in [0.2, 0.25) is 0 Å². The smallest absolute Gasteiger partial charge is 0.373 e. The van der Waals surface area contributed by atoms with Crippen LogP contribution in [-0.2, 0) is 32.2 Å². The van der Waals surface area contributed by atoms with Crippen molar-refractivity contribution >= 4 is 8.80 Å². The molecule has 0 aromatic rings. The summed E-state index contributed by atoms with van der Waals surface area (Å²) in [5, 5.41) is 0. The first-order chi connectivity index (χ1) is 16.0. The fourth-order valence-corrected chi connectivity index (χ4v) is 6.77. The molecule has 0 heterocycles. The zero-order valence-corrected chi connectivity index (χ0v) is 23.9. The van der Waals surface area contributed by atoms with Crippen molar-refractivity contribution in [1.29, 1.82) is 0 Å². The van der Waals surface area contributed by atoms with Crippen LogP contribution in [0.25, 0.3) is 0 Å². The molecule has 0 bridgehead atoms. The molecule has 0 saturated heterocycles. The molecule has 0 rings (SSSR count). The quantitative estimate of drug-likeness (QED) is 0.0892. The lowest BCUT2D eigenvalue weighted by molar-refractivity contribution is -0.281. The average molecular weight is 495 g/mol. The zero-order chi connectivity index (χ0) is 25.0. The van der Waals surface area contributed by atoms with E-state index in [1.165, 1.54) is 0 Å². The van der Waals surface area contributed by atoms with Gasteiger partial charge in [0.2, 0.25) is 0 Å². The highest BCUT2D eigenvalue weighted by Crippen LogP contribution is 2.37. The van der Waals surface area contributed by atoms with Crippen molar-refractivity contribution in [2.75, 3.05) is 40.1 Å². The van der Waals surface area contributed by atoms with Crippen molar-refractivity contribution in [3.63, 3.8) is 0 Å². The Morgan fingerprint density at radius 2 is 1.15 bits per heavy atom. The molecule has 7 nitrogen and oxygen atoms in total. The number of methoxy groups -OCH3 is 1. The molecule has 33 heavy (non-hydrogen) atoms. The molecule has 0 aromatic heterocycles. The van der Waals surface area contributed by atoms with Gasteiger partial charge in [-0.1, -0.05) is 60.8 Å². The Morgan fingerprint density at radius 1 is 0.667 bits per heavy atom. The standard InChI is InChI=1S/C25H54O7Si/c1-9-15-20-27-23(7)25(28-21-16-10-2,29-22-17-11-3)33(30-18-12-4,31-19-13-5)32-24(14-6)26-8/h23-24H,9-22H2,1-8H3. The van der Waals surface area contributed by atoms with E-state index in [2.05, 4.69) is 34.6 Å². The predicted octanol–water partition coefficient (Wildman–Crippen LogP) is 6.25. The number of rotatable bonds is 24. The van der Waals surface area contributed by atoms with E-state index in [0.717, 1.165) is 51.4 Å². The normalized spacial score (nSPS) is 14.5. The Labute approximate surface area is 205 Å². The summed E-state index contributed by atoms with van der Waals surface area (Å²) in [5.74, 6) is 0. The first kappa shape index (κ1) is 32.9. The Bertz CT molecular complexity index is 417. The molecule has 0 amide bonds. The van der Waals surface area contributed by atoms with Gasteiger partial charge in [-0.25, -0.2) is 0 Å². The summed E-state index contributed by atoms with van der Waals surface area (Å²) >= 11 is 0. The summed E-state index contributed by atoms with van der Waals surface area (Å²) in [6.45, 7) is 17.2. The molecule has 2 unspecified atom stereocenters. The van der Waals surface area contributed by atoms with Gasteiger partial charge in [-0.15, -0.1) is 0 Å². The van der Waals surface area contributed by atoms with Crippen molar-refractivity contribution in [2.24, 2.45) is 0 Å². The Balaban J connectivity index is 6.58. The number of unbranched alkanes of at least 4 members (excludes halogenated alkanes) is 3. The Kier molecular flexibility index (Phi) is 20.1. The maximum Gasteiger partial charge on any atom is 0.568 e. The SMILES string of the molecule is CCCCOC(C)C(OCCCC)(OCCCC)[Si](OCCC)(OCCC)OC(CC)OC. The molecule has 0 saturated carbocycles. The van der Waals surface area contributed by atoms with Crippen LogP contribution >= 0.6 is 0 Å². The summed E-state index contributed by atoms with van der Waals surface area (Å²) in [7, 11) is -2.00. The largest absolute Gasteiger partial charge is 0.568 e. The van der Waals surface area contributed by atoms with E-state index in [9.17, 15) is 0 Å². The van der Waals surface area contributed by atoms with Crippen LogP contribution in [0.5, 0.6) is 0 Å². The highest BCUT2D eigenvalue weighted by Gasteiger charge is 2.69. The highest BCUT2D eigenvalue weighted by atomic mass is 28.4. The number of hydrogen-bond donors (Lipinski definition) is 0. The Morgan fingerprint density at radius 3 is 1.55 bits per heavy atom. The number of ether oxygens (including phenoxy) is 4. The summed E-state index contributed by atoms with van der Waals surface area (Å²) in [6, 6.07) is 0. The van der Waals surface area contributed by atoms with Gasteiger partial charge in [0.25, 0.3) is 5.41 Å². The van der Waals surface area contributed by atoms with E-state index in [0.29, 0.717) is 39.5 Å². The van der Waals surface area contributed by atoms with Crippen LogP contribution < -0.4 is 0 Å². The van der Waals surface area contributed by atoms with E-state index in [1.807, 2.05) is 13.8 Å². The zero-order valence-electron chi connectivity index (χ0n) is 22.9. The molecule has 0 aliphatic heterocycles. The first-order valence-electron chi connectivity index (χ1n) is 13.3. The van der Waals surface area contributed by atoms with E-state index in [-0.39, 0.29) is 0 Å². The van der Waals surface area contributed by atoms with Gasteiger partial charge < -0.3 is 32.2 Å². The van der Waals surface area contributed by atoms with E-state index >= 15 is 0 Å². The third-order valence-electron chi connectivity index (χ3n) is 5.33. The van der Waals surface area contributed by atoms with Crippen LogP contribution in [0.15, 0.2) is 0 Å². The third kappa shape index (κ3) is 11.0. The summed E-state index contributed by atoms with van der Waals surface area (Å²) in [5.41, 5.74) is -1.28. The molecule has 0 aliphatic carbocycles. The molecule has 200 valence electrons. The van der Waals surface area contributed by atoms with E-state index < -0.39 is 26.6 Å². The Hall–Kier alpha value is -0.0631. The first-order valence-corrected chi connectivity index (χ1v) is 15.1. The minimum atomic E-state index is -3.64. The van der Waals surface area contributed by atoms with Gasteiger partial charge in [-0.2, -0.15) is 0 Å². The molecule has 0 spiro atoms. The van der Waals surface area contributed by atoms with Crippen molar-refractivity contribution in [3.05, 3.63) is 0 Å². The van der Waals surface area contributed by atoms with E-state index in [1.54, 1.807) is 7.11 Å². The van der Waals surface area contributed by atoms with Crippen LogP contribution in [0, 0.1) is 0 Å². The second kappa shape index (κ2) is 20.2. The summed E-state index contributed by atoms with van der Waals surface area (Å²) < 4.78 is 45.0. The molecule has 0 aliphatic rings. The van der Waals surface area contributed by atoms with Gasteiger partial charge in [-0.3, -0.25) is 0 Å². The number of hydrogen-bond acceptors (Lipinski definition) is 7. The van der Waals surface area contributed by atoms with Crippen molar-refractivity contribution < 1.29 is 32.2 Å². The molecule has 0 fully saturated rings. The van der Waals surface area contributed by atoms with Gasteiger partial charge in [0, 0.05) is 26.9 Å². The van der Waals surface area contributed by atoms with Crippen molar-refractivity contribution in [3.8, 4) is 0 Å². The minimum absolute atomic E-state index is 0.437. The third-order valence-corrected chi connectivity index (χ3v) is 8.62. The lowest BCUT2D eigenvalue weighted by Crippen LogP contribution is -2.73. The maximum absolute atomic E-state index is 6.64. The van der Waals surface area contributed by atoms with Gasteiger partial charge >= 0.3 is 8.80 Å². The van der Waals surface area contributed by atoms with Crippen LogP contribution in [0.4, 0.5) is 0 Å². The minimum Gasteiger partial charge on any atom is -0.373 e. The molecule has 0 aromatic carbocycles. The topological polar surface area (TPSA) is 64.6 Å². The van der Waals surface area contributed by atoms with Gasteiger partial charge in [0.15, 0.2) is 6.29 Å². The molecule has 2 atom stereocenters. The molecular weight excluding hydrogens is 440 g/mol. The van der Waals surface area contributed by atoms with Crippen LogP contribution in [0.3, 0.4) is 0 Å². The fourth-order valence-electron chi connectivity index (χ4n) is 3.29. The second-order valence-electron chi connectivity index (χ2n) is 8.38. The van der Waals surface area contributed by atoms with Gasteiger partial charge in [0.05, 0.1) is 13.2 Å². The van der Waals surface area contributed by atoms with Crippen LogP contribution in [-0.4, -0.2) is 66.8 Å². The molecule has 8 heteroatoms. The lowest BCUT2D eigenvalue weighted by atomic mass is 10.3. The van der Waals surface area contributed by atoms with Crippen LogP contribution in [0.1, 0.15) is 106 Å². The van der Waals surface area contributed by atoms with Crippen molar-refractivity contribution in [2.45, 2.75) is 124 Å². The van der Waals surface area contributed by atoms with Crippen molar-refractivity contribution in [1.82, 2.24) is 0 Å². The summed E-state index contributed by atoms with van der Waals surface area (Å²) in [6.07, 6.45) is 7.19. The fraction of sp³-hybridized carbons (Fsp3) is 1.00. The molecule has 0 radical (unpaired) electrons. The predicted molar refractivity (Wildman–Crippen MR) is 135 cm³/mol. The monoisotopic (exact) mass is 494 g/mol. The van der Waals surface area contributed by atoms with Gasteiger partial charge in [0.1, 0.15) is 6.10 Å². The second-order valence-corrected chi connectivity index (χ2v) is 11.0.